The van der Waals surface area contributed by atoms with Gasteiger partial charge in [-0.3, -0.25) is 14.5 Å². The van der Waals surface area contributed by atoms with Crippen LogP contribution < -0.4 is 0 Å². The van der Waals surface area contributed by atoms with Crippen molar-refractivity contribution in [3.8, 4) is 0 Å². The fraction of sp³-hybridized carbons (Fsp3) is 0.579. The summed E-state index contributed by atoms with van der Waals surface area (Å²) in [7, 11) is 1.96. The van der Waals surface area contributed by atoms with Gasteiger partial charge in [-0.15, -0.1) is 0 Å². The normalized spacial score (nSPS) is 19.3. The van der Waals surface area contributed by atoms with E-state index in [4.69, 9.17) is 5.11 Å². The lowest BCUT2D eigenvalue weighted by Gasteiger charge is -2.39. The van der Waals surface area contributed by atoms with Crippen molar-refractivity contribution in [2.75, 3.05) is 13.6 Å². The molecule has 1 fully saturated rings. The number of carbonyl (C=O) groups excluding carboxylic acids is 1. The van der Waals surface area contributed by atoms with Gasteiger partial charge in [0.1, 0.15) is 0 Å². The van der Waals surface area contributed by atoms with Crippen LogP contribution in [0.15, 0.2) is 30.3 Å². The number of likely N-dealkylation sites (tertiary alicyclic amines) is 1. The summed E-state index contributed by atoms with van der Waals surface area (Å²) < 4.78 is 0. The molecule has 1 heterocycles. The Morgan fingerprint density at radius 3 is 2.67 bits per heavy atom. The highest BCUT2D eigenvalue weighted by Crippen LogP contribution is 2.23. The van der Waals surface area contributed by atoms with E-state index >= 15 is 0 Å². The number of amides is 1. The van der Waals surface area contributed by atoms with Gasteiger partial charge in [0.05, 0.1) is 6.04 Å². The van der Waals surface area contributed by atoms with E-state index in [0.717, 1.165) is 32.4 Å². The van der Waals surface area contributed by atoms with Gasteiger partial charge >= 0.3 is 5.97 Å². The molecule has 1 aromatic rings. The van der Waals surface area contributed by atoms with Crippen molar-refractivity contribution < 1.29 is 14.7 Å². The van der Waals surface area contributed by atoms with Crippen LogP contribution in [0.25, 0.3) is 0 Å². The molecule has 132 valence electrons. The molecule has 1 N–H and O–H groups in total. The number of nitrogens with zero attached hydrogens (tertiary/aromatic N) is 2. The van der Waals surface area contributed by atoms with E-state index in [9.17, 15) is 9.59 Å². The monoisotopic (exact) mass is 332 g/mol. The number of carboxylic acids is 1. The Hall–Kier alpha value is -1.88. The Bertz CT molecular complexity index is 547. The third-order valence-corrected chi connectivity index (χ3v) is 4.89. The average molecular weight is 332 g/mol. The van der Waals surface area contributed by atoms with Crippen LogP contribution >= 0.6 is 0 Å². The predicted molar refractivity (Wildman–Crippen MR) is 93.6 cm³/mol. The third-order valence-electron chi connectivity index (χ3n) is 4.89. The average Bonchev–Trinajstić information content (AvgIpc) is 2.59. The highest BCUT2D eigenvalue weighted by molar-refractivity contribution is 5.82. The van der Waals surface area contributed by atoms with Crippen molar-refractivity contribution in [1.82, 2.24) is 9.80 Å². The zero-order valence-electron chi connectivity index (χ0n) is 14.6. The molecule has 1 amide bonds. The van der Waals surface area contributed by atoms with Crippen molar-refractivity contribution in [2.24, 2.45) is 0 Å². The van der Waals surface area contributed by atoms with Gasteiger partial charge in [0, 0.05) is 25.6 Å². The highest BCUT2D eigenvalue weighted by Gasteiger charge is 2.31. The van der Waals surface area contributed by atoms with E-state index < -0.39 is 5.97 Å². The van der Waals surface area contributed by atoms with Crippen molar-refractivity contribution in [1.29, 1.82) is 0 Å². The predicted octanol–water partition coefficient (Wildman–Crippen LogP) is 2.75. The number of benzene rings is 1. The second-order valence-electron chi connectivity index (χ2n) is 6.69. The molecular formula is C19H28N2O3. The number of carboxylic acid groups (broad SMARTS) is 1. The molecule has 1 saturated heterocycles. The lowest BCUT2D eigenvalue weighted by Crippen LogP contribution is -2.51. The highest BCUT2D eigenvalue weighted by atomic mass is 16.4. The summed E-state index contributed by atoms with van der Waals surface area (Å²) in [6.07, 6.45) is 3.67. The van der Waals surface area contributed by atoms with Crippen LogP contribution in [-0.4, -0.2) is 52.5 Å². The molecule has 2 rings (SSSR count). The first-order valence-electron chi connectivity index (χ1n) is 8.75. The zero-order chi connectivity index (χ0) is 17.5. The topological polar surface area (TPSA) is 60.9 Å². The second-order valence-corrected chi connectivity index (χ2v) is 6.69. The summed E-state index contributed by atoms with van der Waals surface area (Å²) in [5.41, 5.74) is 1.18. The van der Waals surface area contributed by atoms with E-state index in [1.54, 1.807) is 0 Å². The van der Waals surface area contributed by atoms with Gasteiger partial charge in [-0.2, -0.15) is 0 Å². The van der Waals surface area contributed by atoms with Crippen LogP contribution in [0.4, 0.5) is 0 Å². The largest absolute Gasteiger partial charge is 0.481 e. The molecule has 0 aliphatic carbocycles. The fourth-order valence-electron chi connectivity index (χ4n) is 3.32. The number of rotatable bonds is 7. The summed E-state index contributed by atoms with van der Waals surface area (Å²) in [4.78, 5) is 27.7. The molecular weight excluding hydrogens is 304 g/mol. The number of piperidine rings is 1. The minimum atomic E-state index is -0.790. The smallest absolute Gasteiger partial charge is 0.303 e. The minimum Gasteiger partial charge on any atom is -0.481 e. The summed E-state index contributed by atoms with van der Waals surface area (Å²) in [5, 5.41) is 8.92. The molecule has 2 atom stereocenters. The summed E-state index contributed by atoms with van der Waals surface area (Å²) in [5.74, 6) is -0.675. The van der Waals surface area contributed by atoms with Crippen LogP contribution in [0.2, 0.25) is 0 Å². The molecule has 24 heavy (non-hydrogen) atoms. The number of aliphatic carboxylic acids is 1. The lowest BCUT2D eigenvalue weighted by atomic mass is 9.97. The Labute approximate surface area is 144 Å². The molecule has 0 saturated carbocycles. The quantitative estimate of drug-likeness (QED) is 0.834. The molecule has 0 bridgehead atoms. The van der Waals surface area contributed by atoms with E-state index in [2.05, 4.69) is 17.0 Å². The number of likely N-dealkylation sites (N-methyl/N-ethyl adjacent to an activating group) is 1. The summed E-state index contributed by atoms with van der Waals surface area (Å²) in [6, 6.07) is 9.96. The number of hydrogen-bond acceptors (Lipinski definition) is 3. The Balaban J connectivity index is 1.97. The molecule has 0 spiro atoms. The van der Waals surface area contributed by atoms with Gasteiger partial charge in [-0.05, 0) is 45.2 Å². The standard InChI is InChI=1S/C19H28N2O3/c1-15(20(2)14-16-8-4-3-5-9-16)19(24)21-13-7-6-10-17(21)11-12-18(22)23/h3-5,8-9,15,17H,6-7,10-14H2,1-2H3,(H,22,23). The lowest BCUT2D eigenvalue weighted by molar-refractivity contribution is -0.142. The maximum absolute atomic E-state index is 12.9. The van der Waals surface area contributed by atoms with Crippen LogP contribution in [0.5, 0.6) is 0 Å². The van der Waals surface area contributed by atoms with Gasteiger partial charge in [0.25, 0.3) is 0 Å². The zero-order valence-corrected chi connectivity index (χ0v) is 14.6. The fourth-order valence-corrected chi connectivity index (χ4v) is 3.32. The molecule has 1 aromatic carbocycles. The van der Waals surface area contributed by atoms with Gasteiger partial charge in [0.2, 0.25) is 5.91 Å². The van der Waals surface area contributed by atoms with Gasteiger partial charge in [0.15, 0.2) is 0 Å². The molecule has 0 radical (unpaired) electrons. The molecule has 5 heteroatoms. The van der Waals surface area contributed by atoms with Gasteiger partial charge in [-0.25, -0.2) is 0 Å². The van der Waals surface area contributed by atoms with Gasteiger partial charge < -0.3 is 10.0 Å². The maximum Gasteiger partial charge on any atom is 0.303 e. The van der Waals surface area contributed by atoms with E-state index in [1.165, 1.54) is 5.56 Å². The van der Waals surface area contributed by atoms with E-state index in [1.807, 2.05) is 37.1 Å². The molecule has 0 aromatic heterocycles. The molecule has 5 nitrogen and oxygen atoms in total. The minimum absolute atomic E-state index is 0.0647. The molecule has 1 aliphatic heterocycles. The summed E-state index contributed by atoms with van der Waals surface area (Å²) in [6.45, 7) is 3.40. The Morgan fingerprint density at radius 1 is 1.29 bits per heavy atom. The molecule has 2 unspecified atom stereocenters. The number of carbonyl (C=O) groups is 2. The third kappa shape index (κ3) is 5.06. The van der Waals surface area contributed by atoms with Crippen LogP contribution in [0.1, 0.15) is 44.6 Å². The van der Waals surface area contributed by atoms with Crippen molar-refractivity contribution >= 4 is 11.9 Å². The first kappa shape index (κ1) is 18.5. The Morgan fingerprint density at radius 2 is 2.00 bits per heavy atom. The van der Waals surface area contributed by atoms with Crippen molar-refractivity contribution in [3.05, 3.63) is 35.9 Å². The number of hydrogen-bond donors (Lipinski definition) is 1. The molecule has 1 aliphatic rings. The summed E-state index contributed by atoms with van der Waals surface area (Å²) >= 11 is 0. The van der Waals surface area contributed by atoms with Crippen LogP contribution in [0, 0.1) is 0 Å². The first-order chi connectivity index (χ1) is 11.5. The first-order valence-corrected chi connectivity index (χ1v) is 8.75. The second kappa shape index (κ2) is 8.83. The van der Waals surface area contributed by atoms with Gasteiger partial charge in [-0.1, -0.05) is 30.3 Å². The van der Waals surface area contributed by atoms with Crippen molar-refractivity contribution in [3.63, 3.8) is 0 Å². The Kier molecular flexibility index (Phi) is 6.79. The van der Waals surface area contributed by atoms with Crippen LogP contribution in [-0.2, 0) is 16.1 Å². The van der Waals surface area contributed by atoms with E-state index in [-0.39, 0.29) is 24.4 Å². The SMILES string of the molecule is CC(C(=O)N1CCCCC1CCC(=O)O)N(C)Cc1ccccc1. The van der Waals surface area contributed by atoms with Crippen molar-refractivity contribution in [2.45, 2.75) is 57.7 Å². The van der Waals surface area contributed by atoms with Crippen LogP contribution in [0.3, 0.4) is 0 Å². The maximum atomic E-state index is 12.9. The van der Waals surface area contributed by atoms with E-state index in [0.29, 0.717) is 6.42 Å².